The molecule has 1 aliphatic rings. The molecule has 88 valence electrons. The van der Waals surface area contributed by atoms with Crippen LogP contribution in [-0.2, 0) is 11.2 Å². The molecule has 0 amide bonds. The van der Waals surface area contributed by atoms with E-state index in [-0.39, 0.29) is 12.1 Å². The molecule has 0 aromatic heterocycles. The Morgan fingerprint density at radius 2 is 2.25 bits per heavy atom. The molecule has 2 rings (SSSR count). The van der Waals surface area contributed by atoms with Crippen molar-refractivity contribution in [1.29, 1.82) is 0 Å². The summed E-state index contributed by atoms with van der Waals surface area (Å²) in [6.07, 6.45) is 3.01. The predicted octanol–water partition coefficient (Wildman–Crippen LogP) is 3.04. The second kappa shape index (κ2) is 5.37. The molecular formula is C12H15Cl2NO. The number of hydrogen-bond donors (Lipinski definition) is 1. The van der Waals surface area contributed by atoms with Crippen molar-refractivity contribution in [2.24, 2.45) is 5.73 Å². The topological polar surface area (TPSA) is 35.2 Å². The smallest absolute Gasteiger partial charge is 0.0730 e. The maximum atomic E-state index is 6.10. The van der Waals surface area contributed by atoms with Crippen LogP contribution in [0.1, 0.15) is 18.4 Å². The molecule has 1 fully saturated rings. The summed E-state index contributed by atoms with van der Waals surface area (Å²) in [6, 6.07) is 5.46. The zero-order chi connectivity index (χ0) is 11.5. The fourth-order valence-corrected chi connectivity index (χ4v) is 2.41. The highest BCUT2D eigenvalue weighted by molar-refractivity contribution is 6.33. The molecule has 2 N–H and O–H groups in total. The summed E-state index contributed by atoms with van der Waals surface area (Å²) in [6.45, 7) is 0.821. The average molecular weight is 260 g/mol. The van der Waals surface area contributed by atoms with Crippen LogP contribution in [-0.4, -0.2) is 18.8 Å². The minimum absolute atomic E-state index is 0.00142. The molecule has 0 saturated carbocycles. The summed E-state index contributed by atoms with van der Waals surface area (Å²) in [5.41, 5.74) is 7.10. The largest absolute Gasteiger partial charge is 0.377 e. The van der Waals surface area contributed by atoms with Gasteiger partial charge in [-0.15, -0.1) is 0 Å². The van der Waals surface area contributed by atoms with E-state index in [0.29, 0.717) is 11.4 Å². The van der Waals surface area contributed by atoms with Crippen LogP contribution in [0, 0.1) is 0 Å². The van der Waals surface area contributed by atoms with Gasteiger partial charge in [0.25, 0.3) is 0 Å². The molecule has 2 nitrogen and oxygen atoms in total. The monoisotopic (exact) mass is 259 g/mol. The Bertz CT molecular complexity index is 364. The molecule has 16 heavy (non-hydrogen) atoms. The highest BCUT2D eigenvalue weighted by atomic mass is 35.5. The molecule has 2 atom stereocenters. The van der Waals surface area contributed by atoms with Crippen LogP contribution in [0.3, 0.4) is 0 Å². The van der Waals surface area contributed by atoms with E-state index in [4.69, 9.17) is 33.7 Å². The van der Waals surface area contributed by atoms with E-state index >= 15 is 0 Å². The number of rotatable bonds is 3. The van der Waals surface area contributed by atoms with E-state index in [1.165, 1.54) is 0 Å². The molecule has 0 spiro atoms. The Morgan fingerprint density at radius 3 is 2.94 bits per heavy atom. The first kappa shape index (κ1) is 12.2. The first-order valence-electron chi connectivity index (χ1n) is 5.48. The maximum Gasteiger partial charge on any atom is 0.0730 e. The van der Waals surface area contributed by atoms with Gasteiger partial charge < -0.3 is 10.5 Å². The van der Waals surface area contributed by atoms with E-state index in [0.717, 1.165) is 30.0 Å². The molecule has 1 aromatic rings. The van der Waals surface area contributed by atoms with Crippen LogP contribution in [0.4, 0.5) is 0 Å². The van der Waals surface area contributed by atoms with Gasteiger partial charge in [0.15, 0.2) is 0 Å². The van der Waals surface area contributed by atoms with Crippen molar-refractivity contribution in [3.63, 3.8) is 0 Å². The van der Waals surface area contributed by atoms with Crippen molar-refractivity contribution in [2.75, 3.05) is 6.61 Å². The van der Waals surface area contributed by atoms with Crippen LogP contribution in [0.15, 0.2) is 18.2 Å². The zero-order valence-electron chi connectivity index (χ0n) is 8.96. The number of benzene rings is 1. The highest BCUT2D eigenvalue weighted by Gasteiger charge is 2.23. The number of hydrogen-bond acceptors (Lipinski definition) is 2. The maximum absolute atomic E-state index is 6.10. The molecule has 0 radical (unpaired) electrons. The predicted molar refractivity (Wildman–Crippen MR) is 67.1 cm³/mol. The van der Waals surface area contributed by atoms with Gasteiger partial charge in [-0.2, -0.15) is 0 Å². The van der Waals surface area contributed by atoms with Crippen molar-refractivity contribution in [3.05, 3.63) is 33.8 Å². The minimum atomic E-state index is -0.00142. The molecule has 1 aliphatic heterocycles. The summed E-state index contributed by atoms with van der Waals surface area (Å²) in [5.74, 6) is 0. The molecular weight excluding hydrogens is 245 g/mol. The second-order valence-electron chi connectivity index (χ2n) is 4.16. The Balaban J connectivity index is 2.04. The molecule has 1 saturated heterocycles. The summed E-state index contributed by atoms with van der Waals surface area (Å²) < 4.78 is 5.56. The van der Waals surface area contributed by atoms with Crippen molar-refractivity contribution in [3.8, 4) is 0 Å². The quantitative estimate of drug-likeness (QED) is 0.906. The van der Waals surface area contributed by atoms with Gasteiger partial charge in [-0.05, 0) is 43.0 Å². The van der Waals surface area contributed by atoms with E-state index in [1.54, 1.807) is 12.1 Å². The molecule has 0 bridgehead atoms. The lowest BCUT2D eigenvalue weighted by Gasteiger charge is -2.19. The summed E-state index contributed by atoms with van der Waals surface area (Å²) in [7, 11) is 0. The minimum Gasteiger partial charge on any atom is -0.377 e. The van der Waals surface area contributed by atoms with Gasteiger partial charge in [0.1, 0.15) is 0 Å². The zero-order valence-corrected chi connectivity index (χ0v) is 10.5. The van der Waals surface area contributed by atoms with Gasteiger partial charge in [0.2, 0.25) is 0 Å². The van der Waals surface area contributed by atoms with Crippen molar-refractivity contribution >= 4 is 23.2 Å². The Kier molecular flexibility index (Phi) is 4.09. The van der Waals surface area contributed by atoms with E-state index in [2.05, 4.69) is 0 Å². The lowest BCUT2D eigenvalue weighted by atomic mass is 10.0. The van der Waals surface area contributed by atoms with Crippen LogP contribution < -0.4 is 5.73 Å². The Labute approximate surface area is 106 Å². The first-order chi connectivity index (χ1) is 7.66. The van der Waals surface area contributed by atoms with Gasteiger partial charge in [-0.1, -0.05) is 23.2 Å². The third-order valence-electron chi connectivity index (χ3n) is 2.91. The lowest BCUT2D eigenvalue weighted by Crippen LogP contribution is -2.36. The van der Waals surface area contributed by atoms with Crippen LogP contribution in [0.5, 0.6) is 0 Å². The van der Waals surface area contributed by atoms with Gasteiger partial charge in [-0.3, -0.25) is 0 Å². The van der Waals surface area contributed by atoms with Crippen LogP contribution in [0.25, 0.3) is 0 Å². The SMILES string of the molecule is NC(Cc1cc(Cl)ccc1Cl)C1CCCO1. The standard InChI is InChI=1S/C12H15Cl2NO/c13-9-3-4-10(14)8(6-9)7-11(15)12-2-1-5-16-12/h3-4,6,11-12H,1-2,5,7,15H2. The van der Waals surface area contributed by atoms with E-state index in [9.17, 15) is 0 Å². The second-order valence-corrected chi connectivity index (χ2v) is 5.00. The highest BCUT2D eigenvalue weighted by Crippen LogP contribution is 2.24. The molecule has 1 aromatic carbocycles. The number of ether oxygens (including phenoxy) is 1. The van der Waals surface area contributed by atoms with Crippen LogP contribution >= 0.6 is 23.2 Å². The lowest BCUT2D eigenvalue weighted by molar-refractivity contribution is 0.0900. The van der Waals surface area contributed by atoms with Crippen molar-refractivity contribution in [1.82, 2.24) is 0 Å². The number of nitrogens with two attached hydrogens (primary N) is 1. The molecule has 2 unspecified atom stereocenters. The van der Waals surface area contributed by atoms with Gasteiger partial charge >= 0.3 is 0 Å². The fraction of sp³-hybridized carbons (Fsp3) is 0.500. The molecule has 0 aliphatic carbocycles. The van der Waals surface area contributed by atoms with Gasteiger partial charge in [0, 0.05) is 22.7 Å². The number of halogens is 2. The Morgan fingerprint density at radius 1 is 1.44 bits per heavy atom. The normalized spacial score (nSPS) is 22.3. The third kappa shape index (κ3) is 2.89. The van der Waals surface area contributed by atoms with Gasteiger partial charge in [0.05, 0.1) is 6.10 Å². The summed E-state index contributed by atoms with van der Waals surface area (Å²) in [4.78, 5) is 0. The van der Waals surface area contributed by atoms with E-state index < -0.39 is 0 Å². The van der Waals surface area contributed by atoms with Crippen molar-refractivity contribution < 1.29 is 4.74 Å². The van der Waals surface area contributed by atoms with Crippen molar-refractivity contribution in [2.45, 2.75) is 31.4 Å². The summed E-state index contributed by atoms with van der Waals surface area (Å²) in [5, 5.41) is 1.41. The fourth-order valence-electron chi connectivity index (χ4n) is 2.03. The average Bonchev–Trinajstić information content (AvgIpc) is 2.76. The molecule has 1 heterocycles. The van der Waals surface area contributed by atoms with Crippen LogP contribution in [0.2, 0.25) is 10.0 Å². The third-order valence-corrected chi connectivity index (χ3v) is 3.51. The molecule has 4 heteroatoms. The van der Waals surface area contributed by atoms with E-state index in [1.807, 2.05) is 6.07 Å². The van der Waals surface area contributed by atoms with Gasteiger partial charge in [-0.25, -0.2) is 0 Å². The Hall–Kier alpha value is -0.280. The first-order valence-corrected chi connectivity index (χ1v) is 6.23. The summed E-state index contributed by atoms with van der Waals surface area (Å²) >= 11 is 12.0.